The minimum Gasteiger partial charge on any atom is -0.303 e. The molecular weight excluding hydrogens is 217 g/mol. The van der Waals surface area contributed by atoms with Gasteiger partial charge < -0.3 is 9.69 Å². The summed E-state index contributed by atoms with van der Waals surface area (Å²) in [5.74, 6) is 0.225. The minimum absolute atomic E-state index is 0.225. The van der Waals surface area contributed by atoms with E-state index in [0.29, 0.717) is 12.8 Å². The van der Waals surface area contributed by atoms with Gasteiger partial charge in [-0.25, -0.2) is 4.39 Å². The highest BCUT2D eigenvalue weighted by Crippen LogP contribution is 2.27. The second-order valence-electron chi connectivity index (χ2n) is 5.09. The fraction of sp³-hybridized carbons (Fsp3) is 0.643. The molecule has 0 amide bonds. The van der Waals surface area contributed by atoms with E-state index in [2.05, 4.69) is 4.90 Å². The molecule has 1 aliphatic carbocycles. The number of nitrogens with zero attached hydrogens (tertiary/aromatic N) is 1. The first kappa shape index (κ1) is 12.5. The van der Waals surface area contributed by atoms with Gasteiger partial charge >= 0.3 is 0 Å². The van der Waals surface area contributed by atoms with Crippen LogP contribution in [0.2, 0.25) is 0 Å². The fourth-order valence-corrected chi connectivity index (χ4v) is 2.48. The molecule has 2 aliphatic rings. The van der Waals surface area contributed by atoms with Crippen molar-refractivity contribution in [3.63, 3.8) is 0 Å². The van der Waals surface area contributed by atoms with E-state index in [1.54, 1.807) is 12.2 Å². The zero-order chi connectivity index (χ0) is 12.1. The van der Waals surface area contributed by atoms with Crippen LogP contribution in [-0.4, -0.2) is 36.5 Å². The molecule has 0 spiro atoms. The number of piperidine rings is 1. The molecule has 1 fully saturated rings. The molecule has 3 heteroatoms. The van der Waals surface area contributed by atoms with Crippen molar-refractivity contribution in [2.24, 2.45) is 5.92 Å². The maximum absolute atomic E-state index is 14.2. The number of carbonyl (C=O) groups is 1. The maximum Gasteiger partial charge on any atom is 0.134 e. The lowest BCUT2D eigenvalue weighted by atomic mass is 9.92. The molecule has 17 heavy (non-hydrogen) atoms. The summed E-state index contributed by atoms with van der Waals surface area (Å²) in [5, 5.41) is 0. The van der Waals surface area contributed by atoms with Gasteiger partial charge in [0.15, 0.2) is 0 Å². The Morgan fingerprint density at radius 1 is 1.35 bits per heavy atom. The Morgan fingerprint density at radius 3 is 2.71 bits per heavy atom. The lowest BCUT2D eigenvalue weighted by Gasteiger charge is -2.32. The summed E-state index contributed by atoms with van der Waals surface area (Å²) >= 11 is 0. The molecule has 1 aliphatic heterocycles. The lowest BCUT2D eigenvalue weighted by Crippen LogP contribution is -2.37. The first-order valence-electron chi connectivity index (χ1n) is 6.43. The second kappa shape index (κ2) is 5.58. The van der Waals surface area contributed by atoms with Crippen LogP contribution >= 0.6 is 0 Å². The molecule has 2 rings (SSSR count). The van der Waals surface area contributed by atoms with Crippen molar-refractivity contribution in [2.75, 3.05) is 19.6 Å². The Balaban J connectivity index is 1.74. The smallest absolute Gasteiger partial charge is 0.134 e. The normalized spacial score (nSPS) is 30.6. The first-order chi connectivity index (χ1) is 8.22. The van der Waals surface area contributed by atoms with Crippen molar-refractivity contribution in [2.45, 2.75) is 31.4 Å². The zero-order valence-corrected chi connectivity index (χ0v) is 10.1. The van der Waals surface area contributed by atoms with Gasteiger partial charge in [0.25, 0.3) is 0 Å². The molecule has 0 radical (unpaired) electrons. The summed E-state index contributed by atoms with van der Waals surface area (Å²) in [6.45, 7) is 2.65. The van der Waals surface area contributed by atoms with Gasteiger partial charge in [0.2, 0.25) is 0 Å². The number of halogens is 1. The van der Waals surface area contributed by atoms with Crippen molar-refractivity contribution in [3.8, 4) is 0 Å². The van der Waals surface area contributed by atoms with Crippen molar-refractivity contribution >= 4 is 6.29 Å². The maximum atomic E-state index is 14.2. The number of likely N-dealkylation sites (tertiary alicyclic amines) is 1. The second-order valence-corrected chi connectivity index (χ2v) is 5.09. The third-order valence-corrected chi connectivity index (χ3v) is 3.77. The number of carbonyl (C=O) groups excluding carboxylic acids is 1. The van der Waals surface area contributed by atoms with E-state index < -0.39 is 5.67 Å². The van der Waals surface area contributed by atoms with Crippen LogP contribution in [0.25, 0.3) is 0 Å². The number of alkyl halides is 1. The topological polar surface area (TPSA) is 20.3 Å². The number of rotatable bonds is 4. The van der Waals surface area contributed by atoms with Gasteiger partial charge in [0.05, 0.1) is 0 Å². The van der Waals surface area contributed by atoms with E-state index in [4.69, 9.17) is 0 Å². The molecule has 0 aromatic rings. The molecule has 1 atom stereocenters. The van der Waals surface area contributed by atoms with Crippen LogP contribution in [0, 0.1) is 5.92 Å². The lowest BCUT2D eigenvalue weighted by molar-refractivity contribution is -0.112. The quantitative estimate of drug-likeness (QED) is 0.700. The summed E-state index contributed by atoms with van der Waals surface area (Å²) < 4.78 is 14.2. The number of hydrogen-bond donors (Lipinski definition) is 0. The van der Waals surface area contributed by atoms with Crippen molar-refractivity contribution in [1.29, 1.82) is 0 Å². The van der Waals surface area contributed by atoms with Crippen LogP contribution in [-0.2, 0) is 4.79 Å². The Morgan fingerprint density at radius 2 is 2.12 bits per heavy atom. The van der Waals surface area contributed by atoms with Crippen molar-refractivity contribution < 1.29 is 9.18 Å². The van der Waals surface area contributed by atoms with Crippen LogP contribution in [0.4, 0.5) is 4.39 Å². The summed E-state index contributed by atoms with van der Waals surface area (Å²) in [5.41, 5.74) is -1.16. The van der Waals surface area contributed by atoms with Crippen LogP contribution in [0.15, 0.2) is 24.3 Å². The molecule has 94 valence electrons. The van der Waals surface area contributed by atoms with Gasteiger partial charge in [0, 0.05) is 18.9 Å². The molecule has 1 heterocycles. The molecule has 1 saturated heterocycles. The van der Waals surface area contributed by atoms with E-state index in [1.165, 1.54) is 0 Å². The van der Waals surface area contributed by atoms with Crippen molar-refractivity contribution in [3.05, 3.63) is 24.3 Å². The summed E-state index contributed by atoms with van der Waals surface area (Å²) in [4.78, 5) is 12.9. The van der Waals surface area contributed by atoms with Crippen LogP contribution in [0.3, 0.4) is 0 Å². The summed E-state index contributed by atoms with van der Waals surface area (Å²) in [7, 11) is 0. The van der Waals surface area contributed by atoms with E-state index in [1.807, 2.05) is 12.2 Å². The monoisotopic (exact) mass is 237 g/mol. The van der Waals surface area contributed by atoms with E-state index in [9.17, 15) is 9.18 Å². The van der Waals surface area contributed by atoms with Gasteiger partial charge in [0.1, 0.15) is 12.0 Å². The zero-order valence-electron chi connectivity index (χ0n) is 10.1. The van der Waals surface area contributed by atoms with Gasteiger partial charge in [-0.05, 0) is 38.4 Å². The van der Waals surface area contributed by atoms with Gasteiger partial charge in [-0.1, -0.05) is 18.2 Å². The Labute approximate surface area is 102 Å². The number of hydrogen-bond acceptors (Lipinski definition) is 2. The van der Waals surface area contributed by atoms with Crippen molar-refractivity contribution in [1.82, 2.24) is 4.90 Å². The third kappa shape index (κ3) is 3.50. The predicted molar refractivity (Wildman–Crippen MR) is 66.6 cm³/mol. The van der Waals surface area contributed by atoms with Gasteiger partial charge in [-0.15, -0.1) is 0 Å². The Bertz CT molecular complexity index is 318. The molecule has 1 unspecified atom stereocenters. The molecule has 0 saturated carbocycles. The number of allylic oxidation sites excluding steroid dienone is 4. The molecule has 0 bridgehead atoms. The highest BCUT2D eigenvalue weighted by molar-refractivity contribution is 5.53. The van der Waals surface area contributed by atoms with Crippen LogP contribution in [0.1, 0.15) is 25.7 Å². The third-order valence-electron chi connectivity index (χ3n) is 3.77. The largest absolute Gasteiger partial charge is 0.303 e. The van der Waals surface area contributed by atoms with E-state index in [0.717, 1.165) is 38.8 Å². The minimum atomic E-state index is -1.16. The standard InChI is InChI=1S/C14H20FNO/c15-14(6-2-1-3-7-14)8-11-16-9-4-13(12-17)5-10-16/h1-3,6,12-13H,4-5,7-11H2. The fourth-order valence-electron chi connectivity index (χ4n) is 2.48. The van der Waals surface area contributed by atoms with Crippen LogP contribution < -0.4 is 0 Å². The predicted octanol–water partition coefficient (Wildman–Crippen LogP) is 2.51. The summed E-state index contributed by atoms with van der Waals surface area (Å²) in [6.07, 6.45) is 11.2. The summed E-state index contributed by atoms with van der Waals surface area (Å²) in [6, 6.07) is 0. The highest BCUT2D eigenvalue weighted by atomic mass is 19.1. The molecule has 2 nitrogen and oxygen atoms in total. The Hall–Kier alpha value is -0.960. The highest BCUT2D eigenvalue weighted by Gasteiger charge is 2.27. The molecule has 0 N–H and O–H groups in total. The van der Waals surface area contributed by atoms with E-state index >= 15 is 0 Å². The van der Waals surface area contributed by atoms with E-state index in [-0.39, 0.29) is 5.92 Å². The Kier molecular flexibility index (Phi) is 4.11. The number of aldehydes is 1. The first-order valence-corrected chi connectivity index (χ1v) is 6.43. The van der Waals surface area contributed by atoms with Crippen LogP contribution in [0.5, 0.6) is 0 Å². The average molecular weight is 237 g/mol. The molecular formula is C14H20FNO. The average Bonchev–Trinajstić information content (AvgIpc) is 2.38. The SMILES string of the molecule is O=CC1CCN(CCC2(F)C=CC=CC2)CC1. The molecule has 0 aromatic heterocycles. The van der Waals surface area contributed by atoms with Gasteiger partial charge in [-0.2, -0.15) is 0 Å². The van der Waals surface area contributed by atoms with Gasteiger partial charge in [-0.3, -0.25) is 0 Å². The molecule has 0 aromatic carbocycles.